The van der Waals surface area contributed by atoms with Crippen molar-refractivity contribution in [3.8, 4) is 0 Å². The van der Waals surface area contributed by atoms with Crippen LogP contribution in [0.2, 0.25) is 0 Å². The molecule has 0 aliphatic heterocycles. The molecule has 0 radical (unpaired) electrons. The van der Waals surface area contributed by atoms with E-state index in [9.17, 15) is 0 Å². The molecule has 4 heteroatoms. The summed E-state index contributed by atoms with van der Waals surface area (Å²) >= 11 is 0. The Morgan fingerprint density at radius 2 is 2.24 bits per heavy atom. The summed E-state index contributed by atoms with van der Waals surface area (Å²) in [7, 11) is 0. The van der Waals surface area contributed by atoms with Gasteiger partial charge in [-0.15, -0.1) is 0 Å². The Balaban J connectivity index is 2.32. The molecule has 0 fully saturated rings. The molecule has 0 amide bonds. The van der Waals surface area contributed by atoms with Crippen LogP contribution in [0.3, 0.4) is 0 Å². The van der Waals surface area contributed by atoms with E-state index in [0.29, 0.717) is 19.8 Å². The van der Waals surface area contributed by atoms with E-state index in [1.807, 2.05) is 25.1 Å². The summed E-state index contributed by atoms with van der Waals surface area (Å²) in [6, 6.07) is 1.92. The molecule has 4 nitrogen and oxygen atoms in total. The molecule has 1 aromatic heterocycles. The molecule has 1 heterocycles. The average Bonchev–Trinajstić information content (AvgIpc) is 2.69. The van der Waals surface area contributed by atoms with Crippen LogP contribution in [0.5, 0.6) is 0 Å². The van der Waals surface area contributed by atoms with Gasteiger partial charge >= 0.3 is 0 Å². The van der Waals surface area contributed by atoms with E-state index in [-0.39, 0.29) is 5.54 Å². The summed E-state index contributed by atoms with van der Waals surface area (Å²) in [4.78, 5) is 0. The number of hydrogen-bond acceptors (Lipinski definition) is 4. The normalized spacial score (nSPS) is 12.5. The van der Waals surface area contributed by atoms with Crippen LogP contribution < -0.4 is 5.32 Å². The van der Waals surface area contributed by atoms with Crippen molar-refractivity contribution in [3.05, 3.63) is 29.7 Å². The van der Waals surface area contributed by atoms with Gasteiger partial charge in [0.1, 0.15) is 6.61 Å². The Bertz CT molecular complexity index is 351. The van der Waals surface area contributed by atoms with Crippen LogP contribution in [0, 0.1) is 0 Å². The van der Waals surface area contributed by atoms with Gasteiger partial charge in [0, 0.05) is 18.2 Å². The Labute approximate surface area is 103 Å². The first kappa shape index (κ1) is 13.9. The van der Waals surface area contributed by atoms with Gasteiger partial charge in [-0.3, -0.25) is 0 Å². The summed E-state index contributed by atoms with van der Waals surface area (Å²) < 4.78 is 10.5. The Hall–Kier alpha value is -1.13. The minimum atomic E-state index is 0.0849. The van der Waals surface area contributed by atoms with Gasteiger partial charge in [0.2, 0.25) is 0 Å². The molecule has 0 bridgehead atoms. The van der Waals surface area contributed by atoms with Crippen molar-refractivity contribution < 1.29 is 9.26 Å². The number of nitrogens with zero attached hydrogens (tertiary/aromatic N) is 1. The second-order valence-electron chi connectivity index (χ2n) is 4.97. The lowest BCUT2D eigenvalue weighted by Crippen LogP contribution is -2.35. The summed E-state index contributed by atoms with van der Waals surface area (Å²) in [5, 5.41) is 7.34. The van der Waals surface area contributed by atoms with Crippen molar-refractivity contribution in [1.82, 2.24) is 10.5 Å². The van der Waals surface area contributed by atoms with Gasteiger partial charge in [-0.1, -0.05) is 17.3 Å². The van der Waals surface area contributed by atoms with Crippen molar-refractivity contribution in [2.45, 2.75) is 46.4 Å². The number of rotatable bonds is 6. The Morgan fingerprint density at radius 1 is 1.47 bits per heavy atom. The third-order valence-electron chi connectivity index (χ3n) is 2.10. The van der Waals surface area contributed by atoms with E-state index in [0.717, 1.165) is 11.5 Å². The lowest BCUT2D eigenvalue weighted by atomic mass is 10.1. The van der Waals surface area contributed by atoms with Crippen LogP contribution in [-0.2, 0) is 17.9 Å². The highest BCUT2D eigenvalue weighted by molar-refractivity contribution is 5.04. The number of allylic oxidation sites excluding steroid dienone is 1. The molecule has 1 aromatic rings. The maximum atomic E-state index is 5.38. The SMILES string of the molecule is CC=CCOCc1cc(CNC(C)(C)C)no1. The molecule has 0 atom stereocenters. The van der Waals surface area contributed by atoms with E-state index >= 15 is 0 Å². The summed E-state index contributed by atoms with van der Waals surface area (Å²) in [5.74, 6) is 0.764. The molecule has 0 saturated carbocycles. The molecule has 0 aromatic carbocycles. The second kappa shape index (κ2) is 6.57. The van der Waals surface area contributed by atoms with Crippen molar-refractivity contribution in [3.63, 3.8) is 0 Å². The van der Waals surface area contributed by atoms with E-state index in [1.54, 1.807) is 0 Å². The van der Waals surface area contributed by atoms with Gasteiger partial charge in [0.05, 0.1) is 12.3 Å². The fourth-order valence-corrected chi connectivity index (χ4v) is 1.19. The zero-order valence-corrected chi connectivity index (χ0v) is 11.1. The Morgan fingerprint density at radius 3 is 2.88 bits per heavy atom. The van der Waals surface area contributed by atoms with Crippen molar-refractivity contribution in [2.75, 3.05) is 6.61 Å². The maximum absolute atomic E-state index is 5.38. The molecular formula is C13H22N2O2. The smallest absolute Gasteiger partial charge is 0.162 e. The molecule has 0 unspecified atom stereocenters. The highest BCUT2D eigenvalue weighted by Crippen LogP contribution is 2.07. The number of hydrogen-bond donors (Lipinski definition) is 1. The molecule has 0 aliphatic rings. The van der Waals surface area contributed by atoms with Crippen molar-refractivity contribution in [2.24, 2.45) is 0 Å². The molecule has 0 aliphatic carbocycles. The molecule has 0 spiro atoms. The first-order valence-electron chi connectivity index (χ1n) is 5.89. The van der Waals surface area contributed by atoms with Gasteiger partial charge in [-0.25, -0.2) is 0 Å². The molecule has 1 rings (SSSR count). The van der Waals surface area contributed by atoms with Crippen LogP contribution >= 0.6 is 0 Å². The number of aromatic nitrogens is 1. The largest absolute Gasteiger partial charge is 0.369 e. The first-order chi connectivity index (χ1) is 8.01. The van der Waals surface area contributed by atoms with E-state index < -0.39 is 0 Å². The van der Waals surface area contributed by atoms with E-state index in [1.165, 1.54) is 0 Å². The van der Waals surface area contributed by atoms with Gasteiger partial charge in [-0.2, -0.15) is 0 Å². The van der Waals surface area contributed by atoms with Crippen LogP contribution in [0.4, 0.5) is 0 Å². The lowest BCUT2D eigenvalue weighted by Gasteiger charge is -2.19. The van der Waals surface area contributed by atoms with Gasteiger partial charge in [-0.05, 0) is 27.7 Å². The number of ether oxygens (including phenoxy) is 1. The molecule has 0 saturated heterocycles. The second-order valence-corrected chi connectivity index (χ2v) is 4.97. The minimum absolute atomic E-state index is 0.0849. The predicted molar refractivity (Wildman–Crippen MR) is 67.6 cm³/mol. The molecule has 17 heavy (non-hydrogen) atoms. The van der Waals surface area contributed by atoms with E-state index in [2.05, 4.69) is 31.2 Å². The zero-order chi connectivity index (χ0) is 12.7. The fourth-order valence-electron chi connectivity index (χ4n) is 1.19. The van der Waals surface area contributed by atoms with Crippen LogP contribution in [0.15, 0.2) is 22.7 Å². The highest BCUT2D eigenvalue weighted by Gasteiger charge is 2.10. The molecular weight excluding hydrogens is 216 g/mol. The summed E-state index contributed by atoms with van der Waals surface area (Å²) in [6.45, 7) is 10.1. The maximum Gasteiger partial charge on any atom is 0.162 e. The highest BCUT2D eigenvalue weighted by atomic mass is 16.5. The average molecular weight is 238 g/mol. The predicted octanol–water partition coefficient (Wildman–Crippen LogP) is 2.66. The Kier molecular flexibility index (Phi) is 5.38. The third kappa shape index (κ3) is 6.24. The minimum Gasteiger partial charge on any atom is -0.369 e. The summed E-state index contributed by atoms with van der Waals surface area (Å²) in [6.07, 6.45) is 3.91. The van der Waals surface area contributed by atoms with Gasteiger partial charge in [0.15, 0.2) is 5.76 Å². The topological polar surface area (TPSA) is 47.3 Å². The quantitative estimate of drug-likeness (QED) is 0.611. The standard InChI is InChI=1S/C13H22N2O2/c1-5-6-7-16-10-12-8-11(15-17-12)9-14-13(2,3)4/h5-6,8,14H,7,9-10H2,1-4H3. The summed E-state index contributed by atoms with van der Waals surface area (Å²) in [5.41, 5.74) is 0.992. The fraction of sp³-hybridized carbons (Fsp3) is 0.615. The van der Waals surface area contributed by atoms with Gasteiger partial charge in [0.25, 0.3) is 0 Å². The molecule has 1 N–H and O–H groups in total. The monoisotopic (exact) mass is 238 g/mol. The van der Waals surface area contributed by atoms with Crippen LogP contribution in [0.25, 0.3) is 0 Å². The van der Waals surface area contributed by atoms with Crippen molar-refractivity contribution >= 4 is 0 Å². The van der Waals surface area contributed by atoms with Crippen LogP contribution in [0.1, 0.15) is 39.1 Å². The van der Waals surface area contributed by atoms with Crippen molar-refractivity contribution in [1.29, 1.82) is 0 Å². The zero-order valence-electron chi connectivity index (χ0n) is 11.1. The van der Waals surface area contributed by atoms with Crippen LogP contribution in [-0.4, -0.2) is 17.3 Å². The van der Waals surface area contributed by atoms with E-state index in [4.69, 9.17) is 9.26 Å². The van der Waals surface area contributed by atoms with Gasteiger partial charge < -0.3 is 14.6 Å². The lowest BCUT2D eigenvalue weighted by molar-refractivity contribution is 0.125. The first-order valence-corrected chi connectivity index (χ1v) is 5.89. The number of nitrogens with one attached hydrogen (secondary N) is 1. The third-order valence-corrected chi connectivity index (χ3v) is 2.10. The molecule has 96 valence electrons.